The molecule has 1 saturated heterocycles. The Morgan fingerprint density at radius 2 is 2.00 bits per heavy atom. The molecular weight excluding hydrogens is 288 g/mol. The van der Waals surface area contributed by atoms with Gasteiger partial charge in [-0.25, -0.2) is 8.42 Å². The van der Waals surface area contributed by atoms with Crippen LogP contribution in [0.3, 0.4) is 0 Å². The van der Waals surface area contributed by atoms with Crippen LogP contribution in [0, 0.1) is 0 Å². The summed E-state index contributed by atoms with van der Waals surface area (Å²) in [5, 5.41) is 6.21. The van der Waals surface area contributed by atoms with Gasteiger partial charge in [0.25, 0.3) is 0 Å². The molecule has 0 saturated carbocycles. The molecule has 1 heterocycles. The Labute approximate surface area is 126 Å². The van der Waals surface area contributed by atoms with Crippen LogP contribution in [0.25, 0.3) is 0 Å². The van der Waals surface area contributed by atoms with Crippen molar-refractivity contribution in [2.24, 2.45) is 0 Å². The lowest BCUT2D eigenvalue weighted by atomic mass is 9.91. The van der Waals surface area contributed by atoms with Crippen LogP contribution in [0.2, 0.25) is 0 Å². The third kappa shape index (κ3) is 3.63. The second-order valence-corrected chi connectivity index (χ2v) is 7.63. The summed E-state index contributed by atoms with van der Waals surface area (Å²) < 4.78 is 22.8. The molecule has 1 aliphatic rings. The highest BCUT2D eigenvalue weighted by molar-refractivity contribution is 7.90. The average molecular weight is 310 g/mol. The van der Waals surface area contributed by atoms with Crippen molar-refractivity contribution in [1.82, 2.24) is 5.32 Å². The van der Waals surface area contributed by atoms with Crippen LogP contribution in [0.5, 0.6) is 0 Å². The molecule has 1 aliphatic heterocycles. The van der Waals surface area contributed by atoms with Gasteiger partial charge in [-0.15, -0.1) is 0 Å². The first-order chi connectivity index (χ1) is 9.87. The summed E-state index contributed by atoms with van der Waals surface area (Å²) in [6, 6.07) is 6.28. The molecule has 0 spiro atoms. The summed E-state index contributed by atoms with van der Waals surface area (Å²) in [5.74, 6) is -0.0334. The predicted molar refractivity (Wildman–Crippen MR) is 83.1 cm³/mol. The fraction of sp³-hybridized carbons (Fsp3) is 0.533. The number of amides is 1. The third-order valence-corrected chi connectivity index (χ3v) is 5.02. The van der Waals surface area contributed by atoms with E-state index in [2.05, 4.69) is 17.6 Å². The number of rotatable bonds is 5. The minimum absolute atomic E-state index is 0.0334. The molecule has 0 radical (unpaired) electrons. The maximum absolute atomic E-state index is 12.5. The van der Waals surface area contributed by atoms with E-state index in [1.165, 1.54) is 18.4 Å². The lowest BCUT2D eigenvalue weighted by Gasteiger charge is -2.27. The molecule has 0 aromatic heterocycles. The highest BCUT2D eigenvalue weighted by Crippen LogP contribution is 2.26. The Morgan fingerprint density at radius 1 is 1.33 bits per heavy atom. The van der Waals surface area contributed by atoms with Crippen LogP contribution in [0.15, 0.2) is 29.2 Å². The molecule has 21 heavy (non-hydrogen) atoms. The molecule has 1 fully saturated rings. The Balaban J connectivity index is 2.12. The first-order valence-electron chi connectivity index (χ1n) is 7.24. The maximum Gasteiger partial charge on any atom is 0.244 e. The van der Waals surface area contributed by atoms with Gasteiger partial charge in [-0.05, 0) is 50.1 Å². The topological polar surface area (TPSA) is 75.3 Å². The lowest BCUT2D eigenvalue weighted by Crippen LogP contribution is -2.50. The number of sulfone groups is 1. The Hall–Kier alpha value is -1.40. The van der Waals surface area contributed by atoms with Gasteiger partial charge in [0.2, 0.25) is 5.91 Å². The summed E-state index contributed by atoms with van der Waals surface area (Å²) in [5.41, 5.74) is 0.140. The maximum atomic E-state index is 12.5. The molecule has 0 aliphatic carbocycles. The van der Waals surface area contributed by atoms with Gasteiger partial charge in [-0.1, -0.05) is 13.3 Å². The zero-order valence-corrected chi connectivity index (χ0v) is 13.3. The van der Waals surface area contributed by atoms with Gasteiger partial charge in [0.05, 0.1) is 10.4 Å². The molecule has 0 bridgehead atoms. The number of hydrogen-bond acceptors (Lipinski definition) is 4. The summed E-state index contributed by atoms with van der Waals surface area (Å²) in [4.78, 5) is 12.8. The zero-order chi connectivity index (χ0) is 15.5. The van der Waals surface area contributed by atoms with Crippen LogP contribution in [0.4, 0.5) is 5.69 Å². The molecule has 1 atom stereocenters. The first-order valence-corrected chi connectivity index (χ1v) is 9.13. The molecule has 1 aromatic rings. The number of carbonyl (C=O) groups is 1. The highest BCUT2D eigenvalue weighted by Gasteiger charge is 2.39. The summed E-state index contributed by atoms with van der Waals surface area (Å²) in [7, 11) is -3.21. The van der Waals surface area contributed by atoms with E-state index in [1.807, 2.05) is 0 Å². The Kier molecular flexibility index (Phi) is 4.68. The van der Waals surface area contributed by atoms with Gasteiger partial charge < -0.3 is 10.6 Å². The van der Waals surface area contributed by atoms with Gasteiger partial charge in [0.15, 0.2) is 9.84 Å². The molecule has 6 heteroatoms. The third-order valence-electron chi connectivity index (χ3n) is 3.90. The van der Waals surface area contributed by atoms with Crippen molar-refractivity contribution >= 4 is 21.4 Å². The molecule has 1 aromatic carbocycles. The van der Waals surface area contributed by atoms with Crippen molar-refractivity contribution in [3.63, 3.8) is 0 Å². The number of anilines is 1. The summed E-state index contributed by atoms with van der Waals surface area (Å²) in [6.45, 7) is 2.93. The van der Waals surface area contributed by atoms with Gasteiger partial charge in [-0.2, -0.15) is 0 Å². The number of nitrogens with one attached hydrogen (secondary N) is 2. The predicted octanol–water partition coefficient (Wildman–Crippen LogP) is 1.95. The van der Waals surface area contributed by atoms with Crippen LogP contribution in [0.1, 0.15) is 32.6 Å². The van der Waals surface area contributed by atoms with Gasteiger partial charge in [0.1, 0.15) is 0 Å². The van der Waals surface area contributed by atoms with E-state index in [4.69, 9.17) is 0 Å². The smallest absolute Gasteiger partial charge is 0.244 e. The molecule has 116 valence electrons. The van der Waals surface area contributed by atoms with E-state index in [0.717, 1.165) is 32.2 Å². The highest BCUT2D eigenvalue weighted by atomic mass is 32.2. The van der Waals surface area contributed by atoms with Crippen LogP contribution in [-0.4, -0.2) is 32.7 Å². The van der Waals surface area contributed by atoms with Crippen LogP contribution >= 0.6 is 0 Å². The van der Waals surface area contributed by atoms with Crippen molar-refractivity contribution in [3.8, 4) is 0 Å². The minimum Gasteiger partial charge on any atom is -0.324 e. The number of carbonyl (C=O) groups excluding carboxylic acids is 1. The largest absolute Gasteiger partial charge is 0.324 e. The molecule has 2 N–H and O–H groups in total. The van der Waals surface area contributed by atoms with E-state index in [0.29, 0.717) is 5.69 Å². The van der Waals surface area contributed by atoms with E-state index in [1.54, 1.807) is 12.1 Å². The average Bonchev–Trinajstić information content (AvgIpc) is 2.89. The summed E-state index contributed by atoms with van der Waals surface area (Å²) >= 11 is 0. The molecule has 5 nitrogen and oxygen atoms in total. The molecular formula is C15H22N2O3S. The SMILES string of the molecule is CCCC1(C(=O)Nc2ccc(S(C)(=O)=O)cc2)CCCN1. The normalized spacial score (nSPS) is 22.2. The molecule has 1 unspecified atom stereocenters. The molecule has 1 amide bonds. The number of benzene rings is 1. The standard InChI is InChI=1S/C15H22N2O3S/c1-3-9-15(10-4-11-16-15)14(18)17-12-5-7-13(8-6-12)21(2,19)20/h5-8,16H,3-4,9-11H2,1-2H3,(H,17,18). The fourth-order valence-corrected chi connectivity index (χ4v) is 3.42. The molecule has 2 rings (SSSR count). The van der Waals surface area contributed by atoms with Crippen molar-refractivity contribution in [3.05, 3.63) is 24.3 Å². The van der Waals surface area contributed by atoms with E-state index in [-0.39, 0.29) is 10.8 Å². The van der Waals surface area contributed by atoms with Crippen molar-refractivity contribution in [2.75, 3.05) is 18.1 Å². The fourth-order valence-electron chi connectivity index (χ4n) is 2.79. The van der Waals surface area contributed by atoms with E-state index >= 15 is 0 Å². The van der Waals surface area contributed by atoms with Gasteiger partial charge in [0, 0.05) is 11.9 Å². The van der Waals surface area contributed by atoms with Crippen LogP contribution in [-0.2, 0) is 14.6 Å². The van der Waals surface area contributed by atoms with Crippen molar-refractivity contribution in [1.29, 1.82) is 0 Å². The van der Waals surface area contributed by atoms with Gasteiger partial charge in [-0.3, -0.25) is 4.79 Å². The first kappa shape index (κ1) is 16.0. The Bertz CT molecular complexity index is 602. The van der Waals surface area contributed by atoms with E-state index in [9.17, 15) is 13.2 Å². The summed E-state index contributed by atoms with van der Waals surface area (Å²) in [6.07, 6.45) is 4.75. The lowest BCUT2D eigenvalue weighted by molar-refractivity contribution is -0.122. The zero-order valence-electron chi connectivity index (χ0n) is 12.5. The van der Waals surface area contributed by atoms with Crippen molar-refractivity contribution < 1.29 is 13.2 Å². The number of hydrogen-bond donors (Lipinski definition) is 2. The second-order valence-electron chi connectivity index (χ2n) is 5.61. The Morgan fingerprint density at radius 3 is 2.48 bits per heavy atom. The second kappa shape index (κ2) is 6.15. The quantitative estimate of drug-likeness (QED) is 0.871. The van der Waals surface area contributed by atoms with Crippen molar-refractivity contribution in [2.45, 2.75) is 43.0 Å². The van der Waals surface area contributed by atoms with Crippen LogP contribution < -0.4 is 10.6 Å². The van der Waals surface area contributed by atoms with E-state index < -0.39 is 15.4 Å². The minimum atomic E-state index is -3.21. The monoisotopic (exact) mass is 310 g/mol. The van der Waals surface area contributed by atoms with Gasteiger partial charge >= 0.3 is 0 Å².